The molecule has 92 valence electrons. The van der Waals surface area contributed by atoms with Crippen LogP contribution in [0.2, 0.25) is 0 Å². The summed E-state index contributed by atoms with van der Waals surface area (Å²) >= 11 is 0. The van der Waals surface area contributed by atoms with Crippen LogP contribution in [0.4, 0.5) is 11.4 Å². The molecule has 0 unspecified atom stereocenters. The van der Waals surface area contributed by atoms with E-state index < -0.39 is 0 Å². The first-order valence-electron chi connectivity index (χ1n) is 6.53. The Morgan fingerprint density at radius 1 is 1.00 bits per heavy atom. The summed E-state index contributed by atoms with van der Waals surface area (Å²) in [4.78, 5) is 5.11. The van der Waals surface area contributed by atoms with Crippen molar-refractivity contribution in [2.24, 2.45) is 0 Å². The highest BCUT2D eigenvalue weighted by Gasteiger charge is 2.43. The number of rotatable bonds is 2. The summed E-state index contributed by atoms with van der Waals surface area (Å²) in [5.74, 6) is 0. The van der Waals surface area contributed by atoms with Crippen LogP contribution in [0.15, 0.2) is 24.3 Å². The lowest BCUT2D eigenvalue weighted by Gasteiger charge is -2.39. The quantitative estimate of drug-likeness (QED) is 0.790. The second-order valence-corrected chi connectivity index (χ2v) is 5.56. The van der Waals surface area contributed by atoms with Gasteiger partial charge in [0.25, 0.3) is 0 Å². The van der Waals surface area contributed by atoms with E-state index in [1.807, 2.05) is 12.1 Å². The lowest BCUT2D eigenvalue weighted by molar-refractivity contribution is 0.180. The van der Waals surface area contributed by atoms with Crippen molar-refractivity contribution in [2.75, 3.05) is 36.8 Å². The van der Waals surface area contributed by atoms with Crippen LogP contribution in [0.1, 0.15) is 19.8 Å². The standard InChI is InChI=1S/C14H21N3/c1-14(6-7-14)17-10-8-16(9-11-17)13-4-2-12(15)3-5-13/h2-5H,6-11,15H2,1H3. The van der Waals surface area contributed by atoms with E-state index in [0.717, 1.165) is 18.8 Å². The van der Waals surface area contributed by atoms with E-state index in [2.05, 4.69) is 28.9 Å². The number of nitrogens with zero attached hydrogens (tertiary/aromatic N) is 2. The van der Waals surface area contributed by atoms with Crippen LogP contribution in [0.5, 0.6) is 0 Å². The van der Waals surface area contributed by atoms with Crippen LogP contribution in [0.3, 0.4) is 0 Å². The van der Waals surface area contributed by atoms with Gasteiger partial charge in [-0.1, -0.05) is 0 Å². The fourth-order valence-electron chi connectivity index (χ4n) is 2.69. The highest BCUT2D eigenvalue weighted by atomic mass is 15.3. The first kappa shape index (κ1) is 10.9. The lowest BCUT2D eigenvalue weighted by atomic mass is 10.2. The lowest BCUT2D eigenvalue weighted by Crippen LogP contribution is -2.50. The first-order chi connectivity index (χ1) is 8.17. The van der Waals surface area contributed by atoms with Gasteiger partial charge in [0.15, 0.2) is 0 Å². The summed E-state index contributed by atoms with van der Waals surface area (Å²) in [5.41, 5.74) is 8.40. The molecular formula is C14H21N3. The molecule has 0 spiro atoms. The summed E-state index contributed by atoms with van der Waals surface area (Å²) in [7, 11) is 0. The molecule has 0 radical (unpaired) electrons. The molecule has 0 bridgehead atoms. The second kappa shape index (κ2) is 3.91. The number of nitrogens with two attached hydrogens (primary N) is 1. The molecule has 3 heteroatoms. The molecule has 1 aliphatic heterocycles. The molecule has 1 aromatic carbocycles. The summed E-state index contributed by atoms with van der Waals surface area (Å²) < 4.78 is 0. The van der Waals surface area contributed by atoms with Crippen molar-refractivity contribution in [1.29, 1.82) is 0 Å². The van der Waals surface area contributed by atoms with E-state index >= 15 is 0 Å². The van der Waals surface area contributed by atoms with Crippen LogP contribution < -0.4 is 10.6 Å². The largest absolute Gasteiger partial charge is 0.399 e. The van der Waals surface area contributed by atoms with Gasteiger partial charge in [-0.05, 0) is 44.0 Å². The van der Waals surface area contributed by atoms with Crippen molar-refractivity contribution in [2.45, 2.75) is 25.3 Å². The Morgan fingerprint density at radius 2 is 1.59 bits per heavy atom. The molecular weight excluding hydrogens is 210 g/mol. The average molecular weight is 231 g/mol. The van der Waals surface area contributed by atoms with Crippen molar-refractivity contribution >= 4 is 11.4 Å². The van der Waals surface area contributed by atoms with E-state index in [1.165, 1.54) is 31.6 Å². The van der Waals surface area contributed by atoms with E-state index in [4.69, 9.17) is 5.73 Å². The molecule has 2 fully saturated rings. The molecule has 1 heterocycles. The third kappa shape index (κ3) is 2.12. The zero-order chi connectivity index (χ0) is 11.9. The van der Waals surface area contributed by atoms with Gasteiger partial charge in [0, 0.05) is 43.1 Å². The zero-order valence-corrected chi connectivity index (χ0v) is 10.5. The smallest absolute Gasteiger partial charge is 0.0368 e. The Morgan fingerprint density at radius 3 is 2.12 bits per heavy atom. The maximum Gasteiger partial charge on any atom is 0.0368 e. The van der Waals surface area contributed by atoms with E-state index in [1.54, 1.807) is 0 Å². The predicted octanol–water partition coefficient (Wildman–Crippen LogP) is 1.94. The highest BCUT2D eigenvalue weighted by molar-refractivity contribution is 5.53. The minimum absolute atomic E-state index is 0.535. The van der Waals surface area contributed by atoms with Crippen LogP contribution in [-0.4, -0.2) is 36.6 Å². The van der Waals surface area contributed by atoms with Crippen molar-refractivity contribution in [3.63, 3.8) is 0 Å². The minimum atomic E-state index is 0.535. The van der Waals surface area contributed by atoms with Crippen LogP contribution >= 0.6 is 0 Å². The summed E-state index contributed by atoms with van der Waals surface area (Å²) in [6, 6.07) is 8.24. The SMILES string of the molecule is CC1(N2CCN(c3ccc(N)cc3)CC2)CC1. The van der Waals surface area contributed by atoms with Crippen molar-refractivity contribution < 1.29 is 0 Å². The maximum atomic E-state index is 5.72. The second-order valence-electron chi connectivity index (χ2n) is 5.56. The molecule has 0 amide bonds. The molecule has 1 saturated carbocycles. The van der Waals surface area contributed by atoms with Gasteiger partial charge in [0.2, 0.25) is 0 Å². The van der Waals surface area contributed by atoms with Gasteiger partial charge in [-0.25, -0.2) is 0 Å². The number of hydrogen-bond acceptors (Lipinski definition) is 3. The average Bonchev–Trinajstić information content (AvgIpc) is 3.10. The molecule has 17 heavy (non-hydrogen) atoms. The maximum absolute atomic E-state index is 5.72. The van der Waals surface area contributed by atoms with Gasteiger partial charge < -0.3 is 10.6 Å². The van der Waals surface area contributed by atoms with Gasteiger partial charge in [0.1, 0.15) is 0 Å². The Hall–Kier alpha value is -1.22. The zero-order valence-electron chi connectivity index (χ0n) is 10.5. The Labute approximate surface area is 103 Å². The van der Waals surface area contributed by atoms with Crippen molar-refractivity contribution in [3.05, 3.63) is 24.3 Å². The topological polar surface area (TPSA) is 32.5 Å². The molecule has 3 nitrogen and oxygen atoms in total. The van der Waals surface area contributed by atoms with Gasteiger partial charge >= 0.3 is 0 Å². The van der Waals surface area contributed by atoms with E-state index in [9.17, 15) is 0 Å². The fourth-order valence-corrected chi connectivity index (χ4v) is 2.69. The molecule has 0 aromatic heterocycles. The molecule has 2 N–H and O–H groups in total. The number of nitrogen functional groups attached to an aromatic ring is 1. The molecule has 1 aliphatic carbocycles. The number of anilines is 2. The third-order valence-corrected chi connectivity index (χ3v) is 4.27. The molecule has 1 saturated heterocycles. The molecule has 2 aliphatic rings. The monoisotopic (exact) mass is 231 g/mol. The van der Waals surface area contributed by atoms with Crippen molar-refractivity contribution in [3.8, 4) is 0 Å². The van der Waals surface area contributed by atoms with Gasteiger partial charge in [-0.15, -0.1) is 0 Å². The van der Waals surface area contributed by atoms with Crippen LogP contribution in [-0.2, 0) is 0 Å². The van der Waals surface area contributed by atoms with Gasteiger partial charge in [0.05, 0.1) is 0 Å². The molecule has 0 atom stereocenters. The Balaban J connectivity index is 1.63. The van der Waals surface area contributed by atoms with Crippen LogP contribution in [0.25, 0.3) is 0 Å². The minimum Gasteiger partial charge on any atom is -0.399 e. The predicted molar refractivity (Wildman–Crippen MR) is 72.3 cm³/mol. The van der Waals surface area contributed by atoms with Crippen molar-refractivity contribution in [1.82, 2.24) is 4.90 Å². The number of piperazine rings is 1. The van der Waals surface area contributed by atoms with E-state index in [-0.39, 0.29) is 0 Å². The Kier molecular flexibility index (Phi) is 2.51. The molecule has 3 rings (SSSR count). The highest BCUT2D eigenvalue weighted by Crippen LogP contribution is 2.41. The summed E-state index contributed by atoms with van der Waals surface area (Å²) in [6.07, 6.45) is 2.77. The number of hydrogen-bond donors (Lipinski definition) is 1. The number of benzene rings is 1. The summed E-state index contributed by atoms with van der Waals surface area (Å²) in [6.45, 7) is 7.06. The normalized spacial score (nSPS) is 23.7. The summed E-state index contributed by atoms with van der Waals surface area (Å²) in [5, 5.41) is 0. The van der Waals surface area contributed by atoms with Gasteiger partial charge in [-0.3, -0.25) is 4.90 Å². The molecule has 1 aromatic rings. The first-order valence-corrected chi connectivity index (χ1v) is 6.53. The third-order valence-electron chi connectivity index (χ3n) is 4.27. The Bertz CT molecular complexity index is 386. The van der Waals surface area contributed by atoms with Crippen LogP contribution in [0, 0.1) is 0 Å². The fraction of sp³-hybridized carbons (Fsp3) is 0.571. The van der Waals surface area contributed by atoms with E-state index in [0.29, 0.717) is 5.54 Å². The van der Waals surface area contributed by atoms with Gasteiger partial charge in [-0.2, -0.15) is 0 Å².